The molecule has 1 aliphatic rings. The fourth-order valence-electron chi connectivity index (χ4n) is 3.37. The maximum absolute atomic E-state index is 12.9. The number of ether oxygens (including phenoxy) is 1. The molecule has 1 amide bonds. The largest absolute Gasteiger partial charge is 0.481 e. The number of carboxylic acid groups (broad SMARTS) is 1. The molecule has 1 aromatic carbocycles. The summed E-state index contributed by atoms with van der Waals surface area (Å²) in [6.45, 7) is 3.90. The molecule has 1 aliphatic heterocycles. The predicted octanol–water partition coefficient (Wildman–Crippen LogP) is 3.19. The summed E-state index contributed by atoms with van der Waals surface area (Å²) in [5.74, 6) is -0.655. The Hall–Kier alpha value is -1.88. The van der Waals surface area contributed by atoms with Crippen molar-refractivity contribution in [3.63, 3.8) is 0 Å². The van der Waals surface area contributed by atoms with Crippen LogP contribution in [0.1, 0.15) is 56.1 Å². The van der Waals surface area contributed by atoms with Crippen LogP contribution in [0.2, 0.25) is 0 Å². The van der Waals surface area contributed by atoms with Crippen LogP contribution in [-0.4, -0.2) is 36.7 Å². The van der Waals surface area contributed by atoms with E-state index in [4.69, 9.17) is 9.84 Å². The van der Waals surface area contributed by atoms with Gasteiger partial charge in [-0.3, -0.25) is 9.59 Å². The number of benzene rings is 1. The highest BCUT2D eigenvalue weighted by Crippen LogP contribution is 2.35. The van der Waals surface area contributed by atoms with E-state index in [9.17, 15) is 9.59 Å². The van der Waals surface area contributed by atoms with Gasteiger partial charge in [0.1, 0.15) is 0 Å². The molecule has 0 saturated carbocycles. The second-order valence-electron chi connectivity index (χ2n) is 6.87. The van der Waals surface area contributed by atoms with Crippen LogP contribution in [0, 0.1) is 6.92 Å². The highest BCUT2D eigenvalue weighted by atomic mass is 16.5. The van der Waals surface area contributed by atoms with Crippen LogP contribution in [0.25, 0.3) is 0 Å². The molecule has 0 atom stereocenters. The summed E-state index contributed by atoms with van der Waals surface area (Å²) in [5, 5.41) is 11.7. The summed E-state index contributed by atoms with van der Waals surface area (Å²) in [5.41, 5.74) is 1.77. The summed E-state index contributed by atoms with van der Waals surface area (Å²) in [4.78, 5) is 23.4. The lowest BCUT2D eigenvalue weighted by Gasteiger charge is -2.36. The highest BCUT2D eigenvalue weighted by molar-refractivity contribution is 5.88. The molecule has 0 radical (unpaired) electrons. The standard InChI is InChI=1S/C20H29NO4/c1-16-7-9-17(10-8-16)20(11-14-25-15-12-20)19(24)21-13-5-3-2-4-6-18(22)23/h7-10H,2-6,11-15H2,1H3,(H,21,24)(H,22,23). The Balaban J connectivity index is 1.87. The minimum absolute atomic E-state index is 0.0881. The topological polar surface area (TPSA) is 75.6 Å². The van der Waals surface area contributed by atoms with E-state index < -0.39 is 11.4 Å². The number of hydrogen-bond donors (Lipinski definition) is 2. The molecule has 5 nitrogen and oxygen atoms in total. The SMILES string of the molecule is Cc1ccc(C2(C(=O)NCCCCCCC(=O)O)CCOCC2)cc1. The number of nitrogens with one attached hydrogen (secondary N) is 1. The predicted molar refractivity (Wildman–Crippen MR) is 96.6 cm³/mol. The maximum Gasteiger partial charge on any atom is 0.303 e. The van der Waals surface area contributed by atoms with E-state index in [-0.39, 0.29) is 12.3 Å². The number of rotatable bonds is 9. The summed E-state index contributed by atoms with van der Waals surface area (Å²) in [7, 11) is 0. The Morgan fingerprint density at radius 1 is 1.08 bits per heavy atom. The number of aliphatic carboxylic acids is 1. The molecule has 1 saturated heterocycles. The molecule has 5 heteroatoms. The van der Waals surface area contributed by atoms with Crippen molar-refractivity contribution in [1.29, 1.82) is 0 Å². The normalized spacial score (nSPS) is 16.4. The van der Waals surface area contributed by atoms with Gasteiger partial charge in [-0.1, -0.05) is 42.7 Å². The van der Waals surface area contributed by atoms with Crippen molar-refractivity contribution < 1.29 is 19.4 Å². The Bertz CT molecular complexity index is 562. The van der Waals surface area contributed by atoms with E-state index in [0.29, 0.717) is 39.0 Å². The number of aryl methyl sites for hydroxylation is 1. The number of hydrogen-bond acceptors (Lipinski definition) is 3. The van der Waals surface area contributed by atoms with Gasteiger partial charge in [-0.15, -0.1) is 0 Å². The van der Waals surface area contributed by atoms with Crippen molar-refractivity contribution in [2.24, 2.45) is 0 Å². The van der Waals surface area contributed by atoms with E-state index >= 15 is 0 Å². The van der Waals surface area contributed by atoms with Gasteiger partial charge in [-0.05, 0) is 38.2 Å². The highest BCUT2D eigenvalue weighted by Gasteiger charge is 2.41. The molecule has 138 valence electrons. The first-order valence-corrected chi connectivity index (χ1v) is 9.19. The van der Waals surface area contributed by atoms with Gasteiger partial charge in [0, 0.05) is 26.2 Å². The van der Waals surface area contributed by atoms with Crippen LogP contribution in [0.3, 0.4) is 0 Å². The average Bonchev–Trinajstić information content (AvgIpc) is 2.61. The van der Waals surface area contributed by atoms with Crippen molar-refractivity contribution in [1.82, 2.24) is 5.32 Å². The summed E-state index contributed by atoms with van der Waals surface area (Å²) in [6.07, 6.45) is 5.05. The van der Waals surface area contributed by atoms with Gasteiger partial charge in [0.25, 0.3) is 0 Å². The summed E-state index contributed by atoms with van der Waals surface area (Å²) >= 11 is 0. The first-order valence-electron chi connectivity index (χ1n) is 9.19. The van der Waals surface area contributed by atoms with Gasteiger partial charge >= 0.3 is 5.97 Å². The number of carboxylic acids is 1. The van der Waals surface area contributed by atoms with E-state index in [2.05, 4.69) is 29.6 Å². The Morgan fingerprint density at radius 3 is 2.36 bits per heavy atom. The third-order valence-corrected chi connectivity index (χ3v) is 4.99. The fraction of sp³-hybridized carbons (Fsp3) is 0.600. The molecular formula is C20H29NO4. The molecule has 0 spiro atoms. The summed E-state index contributed by atoms with van der Waals surface area (Å²) in [6, 6.07) is 8.24. The van der Waals surface area contributed by atoms with Gasteiger partial charge in [0.15, 0.2) is 0 Å². The van der Waals surface area contributed by atoms with Gasteiger partial charge in [-0.25, -0.2) is 0 Å². The van der Waals surface area contributed by atoms with Crippen molar-refractivity contribution in [2.45, 2.75) is 57.3 Å². The van der Waals surface area contributed by atoms with Crippen LogP contribution < -0.4 is 5.32 Å². The first kappa shape index (κ1) is 19.4. The number of amides is 1. The van der Waals surface area contributed by atoms with Gasteiger partial charge in [0.2, 0.25) is 5.91 Å². The molecule has 2 N–H and O–H groups in total. The molecule has 25 heavy (non-hydrogen) atoms. The molecule has 0 bridgehead atoms. The smallest absolute Gasteiger partial charge is 0.303 e. The molecule has 2 rings (SSSR count). The lowest BCUT2D eigenvalue weighted by molar-refractivity contribution is -0.137. The fourth-order valence-corrected chi connectivity index (χ4v) is 3.37. The zero-order valence-corrected chi connectivity index (χ0v) is 15.1. The van der Waals surface area contributed by atoms with Gasteiger partial charge in [0.05, 0.1) is 5.41 Å². The Morgan fingerprint density at radius 2 is 1.72 bits per heavy atom. The average molecular weight is 347 g/mol. The van der Waals surface area contributed by atoms with E-state index in [1.165, 1.54) is 5.56 Å². The quantitative estimate of drug-likeness (QED) is 0.673. The number of carbonyl (C=O) groups is 2. The van der Waals surface area contributed by atoms with Crippen molar-refractivity contribution in [2.75, 3.05) is 19.8 Å². The second-order valence-corrected chi connectivity index (χ2v) is 6.87. The Kier molecular flexibility index (Phi) is 7.44. The number of unbranched alkanes of at least 4 members (excludes halogenated alkanes) is 3. The minimum atomic E-state index is -0.743. The van der Waals surface area contributed by atoms with Crippen molar-refractivity contribution >= 4 is 11.9 Å². The molecule has 1 fully saturated rings. The van der Waals surface area contributed by atoms with Crippen LogP contribution in [0.4, 0.5) is 0 Å². The lowest BCUT2D eigenvalue weighted by atomic mass is 9.73. The third-order valence-electron chi connectivity index (χ3n) is 4.99. The molecule has 0 aliphatic carbocycles. The molecule has 0 unspecified atom stereocenters. The molecule has 1 heterocycles. The molecular weight excluding hydrogens is 318 g/mol. The number of carbonyl (C=O) groups excluding carboxylic acids is 1. The second kappa shape index (κ2) is 9.56. The van der Waals surface area contributed by atoms with E-state index in [0.717, 1.165) is 24.8 Å². The maximum atomic E-state index is 12.9. The van der Waals surface area contributed by atoms with Crippen LogP contribution >= 0.6 is 0 Å². The third kappa shape index (κ3) is 5.56. The van der Waals surface area contributed by atoms with Crippen LogP contribution in [-0.2, 0) is 19.7 Å². The molecule has 1 aromatic rings. The molecule has 0 aromatic heterocycles. The summed E-state index contributed by atoms with van der Waals surface area (Å²) < 4.78 is 5.48. The van der Waals surface area contributed by atoms with E-state index in [1.54, 1.807) is 0 Å². The minimum Gasteiger partial charge on any atom is -0.481 e. The first-order chi connectivity index (χ1) is 12.0. The van der Waals surface area contributed by atoms with Gasteiger partial charge in [-0.2, -0.15) is 0 Å². The van der Waals surface area contributed by atoms with Crippen molar-refractivity contribution in [3.8, 4) is 0 Å². The Labute approximate surface area is 149 Å². The van der Waals surface area contributed by atoms with Gasteiger partial charge < -0.3 is 15.2 Å². The van der Waals surface area contributed by atoms with E-state index in [1.807, 2.05) is 6.92 Å². The zero-order valence-electron chi connectivity index (χ0n) is 15.1. The monoisotopic (exact) mass is 347 g/mol. The van der Waals surface area contributed by atoms with Crippen LogP contribution in [0.5, 0.6) is 0 Å². The van der Waals surface area contributed by atoms with Crippen LogP contribution in [0.15, 0.2) is 24.3 Å². The van der Waals surface area contributed by atoms with Crippen molar-refractivity contribution in [3.05, 3.63) is 35.4 Å². The lowest BCUT2D eigenvalue weighted by Crippen LogP contribution is -2.48. The zero-order chi connectivity index (χ0) is 18.1.